The molecule has 0 aliphatic rings. The molecule has 0 fully saturated rings. The molecule has 126 valence electrons. The van der Waals surface area contributed by atoms with Crippen LogP contribution in [-0.2, 0) is 14.6 Å². The Kier molecular flexibility index (Phi) is 5.64. The monoisotopic (exact) mass is 365 g/mol. The van der Waals surface area contributed by atoms with Crippen LogP contribution in [0.25, 0.3) is 6.08 Å². The summed E-state index contributed by atoms with van der Waals surface area (Å²) in [5.41, 5.74) is 1.03. The Morgan fingerprint density at radius 3 is 2.62 bits per heavy atom. The summed E-state index contributed by atoms with van der Waals surface area (Å²) in [5.74, 6) is 0.256. The molecule has 2 rings (SSSR count). The van der Waals surface area contributed by atoms with E-state index in [2.05, 4.69) is 5.32 Å². The van der Waals surface area contributed by atoms with E-state index in [0.717, 1.165) is 11.8 Å². The molecule has 0 heterocycles. The second kappa shape index (κ2) is 7.51. The maximum atomic E-state index is 12.0. The standard InChI is InChI=1S/C17H16ClNO4S/c1-23-13-5-3-4-12(10-13)6-9-17(20)19-16-11-14(24(2,21)22)7-8-15(16)18/h3-11H,1-2H3,(H,19,20). The lowest BCUT2D eigenvalue weighted by Gasteiger charge is -2.07. The summed E-state index contributed by atoms with van der Waals surface area (Å²) in [7, 11) is -1.82. The maximum Gasteiger partial charge on any atom is 0.248 e. The number of halogens is 1. The number of hydrogen-bond acceptors (Lipinski definition) is 4. The van der Waals surface area contributed by atoms with Crippen molar-refractivity contribution in [3.8, 4) is 5.75 Å². The van der Waals surface area contributed by atoms with Crippen molar-refractivity contribution in [2.75, 3.05) is 18.7 Å². The van der Waals surface area contributed by atoms with Gasteiger partial charge in [-0.3, -0.25) is 4.79 Å². The SMILES string of the molecule is COc1cccc(C=CC(=O)Nc2cc(S(C)(=O)=O)ccc2Cl)c1. The molecule has 0 saturated heterocycles. The fraction of sp³-hybridized carbons (Fsp3) is 0.118. The molecule has 5 nitrogen and oxygen atoms in total. The van der Waals surface area contributed by atoms with E-state index in [-0.39, 0.29) is 15.6 Å². The Labute approximate surface area is 145 Å². The van der Waals surface area contributed by atoms with E-state index >= 15 is 0 Å². The number of nitrogens with one attached hydrogen (secondary N) is 1. The Bertz CT molecular complexity index is 891. The second-order valence-corrected chi connectivity index (χ2v) is 7.44. The summed E-state index contributed by atoms with van der Waals surface area (Å²) >= 11 is 6.00. The van der Waals surface area contributed by atoms with Gasteiger partial charge < -0.3 is 10.1 Å². The molecule has 0 atom stereocenters. The normalized spacial score (nSPS) is 11.5. The van der Waals surface area contributed by atoms with Gasteiger partial charge in [-0.05, 0) is 42.0 Å². The van der Waals surface area contributed by atoms with Gasteiger partial charge >= 0.3 is 0 Å². The minimum atomic E-state index is -3.38. The molecular formula is C17H16ClNO4S. The zero-order chi connectivity index (χ0) is 17.7. The van der Waals surface area contributed by atoms with E-state index in [9.17, 15) is 13.2 Å². The molecular weight excluding hydrogens is 350 g/mol. The Balaban J connectivity index is 2.16. The van der Waals surface area contributed by atoms with Crippen LogP contribution in [0.1, 0.15) is 5.56 Å². The van der Waals surface area contributed by atoms with Crippen LogP contribution >= 0.6 is 11.6 Å². The molecule has 0 aliphatic carbocycles. The second-order valence-electron chi connectivity index (χ2n) is 5.01. The highest BCUT2D eigenvalue weighted by atomic mass is 35.5. The van der Waals surface area contributed by atoms with E-state index in [1.807, 2.05) is 12.1 Å². The molecule has 0 spiro atoms. The van der Waals surface area contributed by atoms with Crippen molar-refractivity contribution in [3.63, 3.8) is 0 Å². The summed E-state index contributed by atoms with van der Waals surface area (Å²) in [6.07, 6.45) is 4.04. The minimum Gasteiger partial charge on any atom is -0.497 e. The summed E-state index contributed by atoms with van der Waals surface area (Å²) in [6, 6.07) is 11.4. The third-order valence-corrected chi connectivity index (χ3v) is 4.58. The third kappa shape index (κ3) is 4.84. The fourth-order valence-corrected chi connectivity index (χ4v) is 2.73. The van der Waals surface area contributed by atoms with Crippen molar-refractivity contribution in [1.82, 2.24) is 0 Å². The van der Waals surface area contributed by atoms with Gasteiger partial charge in [0, 0.05) is 12.3 Å². The van der Waals surface area contributed by atoms with Crippen LogP contribution in [0.3, 0.4) is 0 Å². The number of hydrogen-bond donors (Lipinski definition) is 1. The van der Waals surface area contributed by atoms with Gasteiger partial charge in [-0.1, -0.05) is 23.7 Å². The van der Waals surface area contributed by atoms with Crippen LogP contribution in [0.5, 0.6) is 5.75 Å². The van der Waals surface area contributed by atoms with Crippen LogP contribution in [0.4, 0.5) is 5.69 Å². The maximum absolute atomic E-state index is 12.0. The molecule has 1 N–H and O–H groups in total. The lowest BCUT2D eigenvalue weighted by atomic mass is 10.2. The van der Waals surface area contributed by atoms with Gasteiger partial charge in [0.15, 0.2) is 9.84 Å². The molecule has 24 heavy (non-hydrogen) atoms. The number of sulfone groups is 1. The fourth-order valence-electron chi connectivity index (χ4n) is 1.92. The number of ether oxygens (including phenoxy) is 1. The van der Waals surface area contributed by atoms with Crippen molar-refractivity contribution in [1.29, 1.82) is 0 Å². The number of benzene rings is 2. The number of methoxy groups -OCH3 is 1. The molecule has 2 aromatic carbocycles. The van der Waals surface area contributed by atoms with Crippen molar-refractivity contribution in [3.05, 3.63) is 59.1 Å². The van der Waals surface area contributed by atoms with Gasteiger partial charge in [0.1, 0.15) is 5.75 Å². The highest BCUT2D eigenvalue weighted by molar-refractivity contribution is 7.90. The Morgan fingerprint density at radius 2 is 1.96 bits per heavy atom. The summed E-state index contributed by atoms with van der Waals surface area (Å²) in [5, 5.41) is 2.82. The van der Waals surface area contributed by atoms with Gasteiger partial charge in [0.25, 0.3) is 0 Å². The van der Waals surface area contributed by atoms with Crippen LogP contribution in [-0.4, -0.2) is 27.7 Å². The predicted octanol–water partition coefficient (Wildman–Crippen LogP) is 3.40. The molecule has 0 bridgehead atoms. The average Bonchev–Trinajstić information content (AvgIpc) is 2.54. The minimum absolute atomic E-state index is 0.0824. The molecule has 0 unspecified atom stereocenters. The first-order valence-electron chi connectivity index (χ1n) is 6.92. The number of anilines is 1. The van der Waals surface area contributed by atoms with Gasteiger partial charge in [0.2, 0.25) is 5.91 Å². The van der Waals surface area contributed by atoms with E-state index in [4.69, 9.17) is 16.3 Å². The Morgan fingerprint density at radius 1 is 1.21 bits per heavy atom. The molecule has 0 saturated carbocycles. The number of carbonyl (C=O) groups is 1. The first-order valence-corrected chi connectivity index (χ1v) is 9.19. The molecule has 0 aromatic heterocycles. The van der Waals surface area contributed by atoms with E-state index in [0.29, 0.717) is 5.75 Å². The van der Waals surface area contributed by atoms with Crippen molar-refractivity contribution in [2.24, 2.45) is 0 Å². The largest absolute Gasteiger partial charge is 0.497 e. The number of rotatable bonds is 5. The average molecular weight is 366 g/mol. The molecule has 0 aliphatic heterocycles. The zero-order valence-corrected chi connectivity index (χ0v) is 14.7. The van der Waals surface area contributed by atoms with Crippen molar-refractivity contribution < 1.29 is 17.9 Å². The van der Waals surface area contributed by atoms with Crippen LogP contribution < -0.4 is 10.1 Å². The van der Waals surface area contributed by atoms with Crippen LogP contribution in [0, 0.1) is 0 Å². The topological polar surface area (TPSA) is 72.5 Å². The quantitative estimate of drug-likeness (QED) is 0.824. The molecule has 7 heteroatoms. The van der Waals surface area contributed by atoms with Crippen LogP contribution in [0.15, 0.2) is 53.4 Å². The first kappa shape index (κ1) is 18.0. The number of carbonyl (C=O) groups excluding carboxylic acids is 1. The Hall–Kier alpha value is -2.31. The molecule has 0 radical (unpaired) electrons. The highest BCUT2D eigenvalue weighted by Crippen LogP contribution is 2.25. The van der Waals surface area contributed by atoms with Gasteiger partial charge in [-0.2, -0.15) is 0 Å². The van der Waals surface area contributed by atoms with Crippen LogP contribution in [0.2, 0.25) is 5.02 Å². The molecule has 2 aromatic rings. The first-order chi connectivity index (χ1) is 11.3. The number of amides is 1. The van der Waals surface area contributed by atoms with E-state index in [1.54, 1.807) is 25.3 Å². The summed E-state index contributed by atoms with van der Waals surface area (Å²) < 4.78 is 28.3. The van der Waals surface area contributed by atoms with E-state index in [1.165, 1.54) is 24.3 Å². The smallest absolute Gasteiger partial charge is 0.248 e. The van der Waals surface area contributed by atoms with Gasteiger partial charge in [0.05, 0.1) is 22.7 Å². The third-order valence-electron chi connectivity index (χ3n) is 3.14. The predicted molar refractivity (Wildman–Crippen MR) is 95.2 cm³/mol. The molecule has 1 amide bonds. The lowest BCUT2D eigenvalue weighted by molar-refractivity contribution is -0.111. The van der Waals surface area contributed by atoms with Gasteiger partial charge in [-0.15, -0.1) is 0 Å². The zero-order valence-electron chi connectivity index (χ0n) is 13.1. The van der Waals surface area contributed by atoms with Gasteiger partial charge in [-0.25, -0.2) is 8.42 Å². The van der Waals surface area contributed by atoms with E-state index < -0.39 is 15.7 Å². The summed E-state index contributed by atoms with van der Waals surface area (Å²) in [6.45, 7) is 0. The van der Waals surface area contributed by atoms with Crippen molar-refractivity contribution in [2.45, 2.75) is 4.90 Å². The lowest BCUT2D eigenvalue weighted by Crippen LogP contribution is -2.09. The van der Waals surface area contributed by atoms with Crippen molar-refractivity contribution >= 4 is 39.1 Å². The summed E-state index contributed by atoms with van der Waals surface area (Å²) in [4.78, 5) is 12.1. The highest BCUT2D eigenvalue weighted by Gasteiger charge is 2.11.